The first-order valence-corrected chi connectivity index (χ1v) is 8.83. The van der Waals surface area contributed by atoms with Crippen LogP contribution in [-0.4, -0.2) is 18.1 Å². The van der Waals surface area contributed by atoms with Crippen LogP contribution in [0.2, 0.25) is 5.02 Å². The van der Waals surface area contributed by atoms with Crippen LogP contribution in [0.3, 0.4) is 0 Å². The fraction of sp³-hybridized carbons (Fsp3) is 0.0909. The number of carbonyl (C=O) groups is 2. The summed E-state index contributed by atoms with van der Waals surface area (Å²) in [5.74, 6) is -0.207. The van der Waals surface area contributed by atoms with Crippen LogP contribution in [-0.2, 0) is 6.42 Å². The molecule has 1 aliphatic rings. The van der Waals surface area contributed by atoms with Crippen LogP contribution < -0.4 is 5.32 Å². The highest BCUT2D eigenvalue weighted by Crippen LogP contribution is 2.31. The molecular weight excluding hydrogens is 346 g/mol. The summed E-state index contributed by atoms with van der Waals surface area (Å²) in [6.45, 7) is 0.654. The van der Waals surface area contributed by atoms with E-state index in [4.69, 9.17) is 11.6 Å². The zero-order valence-electron chi connectivity index (χ0n) is 14.0. The van der Waals surface area contributed by atoms with Gasteiger partial charge in [-0.2, -0.15) is 0 Å². The summed E-state index contributed by atoms with van der Waals surface area (Å²) in [5, 5.41) is 4.02. The fourth-order valence-corrected chi connectivity index (χ4v) is 3.41. The van der Waals surface area contributed by atoms with Gasteiger partial charge in [0.25, 0.3) is 0 Å². The lowest BCUT2D eigenvalue weighted by Gasteiger charge is -2.20. The Labute approximate surface area is 156 Å². The van der Waals surface area contributed by atoms with Crippen LogP contribution in [0.5, 0.6) is 0 Å². The van der Waals surface area contributed by atoms with E-state index in [2.05, 4.69) is 5.32 Å². The topological polar surface area (TPSA) is 46.2 Å². The van der Waals surface area contributed by atoms with Gasteiger partial charge in [0.2, 0.25) is 0 Å². The lowest BCUT2D eigenvalue weighted by molar-refractivity contribution is 0.0979. The summed E-state index contributed by atoms with van der Waals surface area (Å²) < 4.78 is 0. The first kappa shape index (κ1) is 16.6. The third-order valence-corrected chi connectivity index (χ3v) is 4.85. The first-order chi connectivity index (χ1) is 12.6. The molecular formula is C22H16ClNO2. The summed E-state index contributed by atoms with van der Waals surface area (Å²) in [6, 6.07) is 20.0. The van der Waals surface area contributed by atoms with Crippen molar-refractivity contribution in [2.75, 3.05) is 11.9 Å². The molecule has 128 valence electrons. The maximum absolute atomic E-state index is 12.9. The van der Waals surface area contributed by atoms with E-state index in [-0.39, 0.29) is 11.6 Å². The van der Waals surface area contributed by atoms with Crippen molar-refractivity contribution in [2.45, 2.75) is 6.42 Å². The number of anilines is 1. The molecule has 0 bridgehead atoms. The molecule has 0 saturated carbocycles. The van der Waals surface area contributed by atoms with Gasteiger partial charge in [-0.1, -0.05) is 60.1 Å². The highest BCUT2D eigenvalue weighted by Gasteiger charge is 2.31. The monoisotopic (exact) mass is 361 g/mol. The van der Waals surface area contributed by atoms with Crippen LogP contribution in [0, 0.1) is 0 Å². The average Bonchev–Trinajstić information content (AvgIpc) is 2.67. The Bertz CT molecular complexity index is 1010. The third-order valence-electron chi connectivity index (χ3n) is 4.59. The molecule has 4 heteroatoms. The molecule has 0 heterocycles. The van der Waals surface area contributed by atoms with Gasteiger partial charge in [0.05, 0.1) is 5.56 Å². The number of ketones is 2. The minimum Gasteiger partial charge on any atom is -0.384 e. The lowest BCUT2D eigenvalue weighted by atomic mass is 9.83. The van der Waals surface area contributed by atoms with Crippen LogP contribution in [0.4, 0.5) is 5.69 Å². The molecule has 1 aliphatic carbocycles. The van der Waals surface area contributed by atoms with E-state index in [1.54, 1.807) is 30.3 Å². The van der Waals surface area contributed by atoms with E-state index in [0.29, 0.717) is 39.5 Å². The van der Waals surface area contributed by atoms with Gasteiger partial charge in [0.15, 0.2) is 11.6 Å². The second-order valence-corrected chi connectivity index (χ2v) is 6.67. The van der Waals surface area contributed by atoms with E-state index in [1.165, 1.54) is 0 Å². The van der Waals surface area contributed by atoms with Gasteiger partial charge in [-0.3, -0.25) is 9.59 Å². The van der Waals surface area contributed by atoms with Gasteiger partial charge in [0, 0.05) is 33.9 Å². The largest absolute Gasteiger partial charge is 0.384 e. The molecule has 0 aromatic heterocycles. The van der Waals surface area contributed by atoms with E-state index >= 15 is 0 Å². The number of carbonyl (C=O) groups excluding carboxylic acids is 2. The minimum atomic E-state index is -0.107. The van der Waals surface area contributed by atoms with Crippen molar-refractivity contribution in [3.8, 4) is 0 Å². The predicted octanol–water partition coefficient (Wildman–Crippen LogP) is 4.77. The van der Waals surface area contributed by atoms with Gasteiger partial charge in [-0.15, -0.1) is 0 Å². The second kappa shape index (κ2) is 6.77. The molecule has 0 spiro atoms. The normalized spacial score (nSPS) is 12.5. The maximum Gasteiger partial charge on any atom is 0.196 e. The summed E-state index contributed by atoms with van der Waals surface area (Å²) in [7, 11) is 0. The van der Waals surface area contributed by atoms with Gasteiger partial charge in [-0.05, 0) is 30.2 Å². The fourth-order valence-electron chi connectivity index (χ4n) is 3.28. The number of hydrogen-bond acceptors (Lipinski definition) is 3. The Hall–Kier alpha value is -2.91. The Morgan fingerprint density at radius 3 is 2.12 bits per heavy atom. The molecule has 0 unspecified atom stereocenters. The molecule has 0 atom stereocenters. The van der Waals surface area contributed by atoms with Gasteiger partial charge < -0.3 is 5.32 Å². The summed E-state index contributed by atoms with van der Waals surface area (Å²) in [6.07, 6.45) is 0.791. The number of halogens is 1. The number of nitrogens with one attached hydrogen (secondary N) is 1. The molecule has 0 aliphatic heterocycles. The highest BCUT2D eigenvalue weighted by atomic mass is 35.5. The maximum atomic E-state index is 12.9. The van der Waals surface area contributed by atoms with Gasteiger partial charge in [0.1, 0.15) is 0 Å². The van der Waals surface area contributed by atoms with Gasteiger partial charge in [-0.25, -0.2) is 0 Å². The van der Waals surface area contributed by atoms with Crippen LogP contribution >= 0.6 is 11.6 Å². The third kappa shape index (κ3) is 2.91. The Kier molecular flexibility index (Phi) is 4.31. The van der Waals surface area contributed by atoms with Crippen LogP contribution in [0.15, 0.2) is 66.7 Å². The Morgan fingerprint density at radius 1 is 0.731 bits per heavy atom. The number of rotatable bonds is 4. The zero-order valence-corrected chi connectivity index (χ0v) is 14.7. The summed E-state index contributed by atoms with van der Waals surface area (Å²) >= 11 is 5.91. The molecule has 0 amide bonds. The molecule has 0 radical (unpaired) electrons. The first-order valence-electron chi connectivity index (χ1n) is 8.45. The van der Waals surface area contributed by atoms with E-state index in [9.17, 15) is 9.59 Å². The van der Waals surface area contributed by atoms with Crippen LogP contribution in [0.1, 0.15) is 37.4 Å². The molecule has 0 saturated heterocycles. The molecule has 4 rings (SSSR count). The van der Waals surface area contributed by atoms with Crippen molar-refractivity contribution in [2.24, 2.45) is 0 Å². The van der Waals surface area contributed by atoms with Crippen molar-refractivity contribution in [1.82, 2.24) is 0 Å². The predicted molar refractivity (Wildman–Crippen MR) is 103 cm³/mol. The van der Waals surface area contributed by atoms with E-state index in [0.717, 1.165) is 12.0 Å². The van der Waals surface area contributed by atoms with Crippen molar-refractivity contribution in [3.05, 3.63) is 99.6 Å². The van der Waals surface area contributed by atoms with E-state index < -0.39 is 0 Å². The molecule has 3 nitrogen and oxygen atoms in total. The molecule has 3 aromatic carbocycles. The lowest BCUT2D eigenvalue weighted by Crippen LogP contribution is -2.22. The van der Waals surface area contributed by atoms with Crippen molar-refractivity contribution in [1.29, 1.82) is 0 Å². The Morgan fingerprint density at radius 2 is 1.38 bits per heavy atom. The summed E-state index contributed by atoms with van der Waals surface area (Å²) in [5.41, 5.74) is 3.72. The number of hydrogen-bond donors (Lipinski definition) is 1. The average molecular weight is 362 g/mol. The SMILES string of the molecule is O=C1c2ccccc2C(=O)c2c(NCCc3ccc(Cl)cc3)cccc21. The Balaban J connectivity index is 1.60. The molecule has 26 heavy (non-hydrogen) atoms. The molecule has 1 N–H and O–H groups in total. The van der Waals surface area contributed by atoms with Gasteiger partial charge >= 0.3 is 0 Å². The second-order valence-electron chi connectivity index (χ2n) is 6.24. The zero-order chi connectivity index (χ0) is 18.1. The quantitative estimate of drug-likeness (QED) is 0.569. The number of benzene rings is 3. The van der Waals surface area contributed by atoms with E-state index in [1.807, 2.05) is 36.4 Å². The van der Waals surface area contributed by atoms with Crippen LogP contribution in [0.25, 0.3) is 0 Å². The minimum absolute atomic E-state index is 0.100. The number of fused-ring (bicyclic) bond motifs is 2. The molecule has 0 fully saturated rings. The van der Waals surface area contributed by atoms with Crippen molar-refractivity contribution >= 4 is 28.9 Å². The van der Waals surface area contributed by atoms with Crippen molar-refractivity contribution < 1.29 is 9.59 Å². The standard InChI is InChI=1S/C22H16ClNO2/c23-15-10-8-14(9-11-15)12-13-24-19-7-3-6-18-20(19)22(26)17-5-2-1-4-16(17)21(18)25/h1-11,24H,12-13H2. The smallest absolute Gasteiger partial charge is 0.196 e. The molecule has 3 aromatic rings. The summed E-state index contributed by atoms with van der Waals surface area (Å²) in [4.78, 5) is 25.7. The van der Waals surface area contributed by atoms with Crippen molar-refractivity contribution in [3.63, 3.8) is 0 Å². The highest BCUT2D eigenvalue weighted by molar-refractivity contribution is 6.30.